The largest absolute Gasteiger partial charge is 0.468 e. The van der Waals surface area contributed by atoms with Crippen LogP contribution < -0.4 is 5.73 Å². The Hall–Kier alpha value is -1.29. The molecule has 0 amide bonds. The standard InChI is InChI=1S/C10H14N2O2/c1-14-9(13)8(11)10(4-5-10)7-3-2-6-12-7/h2-3,6,8,12H,4-5,11H2,1H3. The highest BCUT2D eigenvalue weighted by Crippen LogP contribution is 2.49. The lowest BCUT2D eigenvalue weighted by Gasteiger charge is -2.19. The molecule has 14 heavy (non-hydrogen) atoms. The summed E-state index contributed by atoms with van der Waals surface area (Å²) in [5.74, 6) is -0.336. The molecular formula is C10H14N2O2. The minimum absolute atomic E-state index is 0.198. The summed E-state index contributed by atoms with van der Waals surface area (Å²) in [7, 11) is 1.37. The molecule has 0 bridgehead atoms. The number of carbonyl (C=O) groups excluding carboxylic acids is 1. The number of aromatic amines is 1. The number of nitrogens with two attached hydrogens (primary N) is 1. The fraction of sp³-hybridized carbons (Fsp3) is 0.500. The van der Waals surface area contributed by atoms with Gasteiger partial charge in [0.25, 0.3) is 0 Å². The van der Waals surface area contributed by atoms with Crippen LogP contribution in [0, 0.1) is 0 Å². The summed E-state index contributed by atoms with van der Waals surface area (Å²) >= 11 is 0. The van der Waals surface area contributed by atoms with Gasteiger partial charge in [0.2, 0.25) is 0 Å². The number of aromatic nitrogens is 1. The van der Waals surface area contributed by atoms with Crippen molar-refractivity contribution in [3.8, 4) is 0 Å². The molecule has 1 aliphatic carbocycles. The predicted octanol–water partition coefficient (Wildman–Crippen LogP) is 0.547. The minimum Gasteiger partial charge on any atom is -0.468 e. The molecular weight excluding hydrogens is 180 g/mol. The van der Waals surface area contributed by atoms with Crippen molar-refractivity contribution < 1.29 is 9.53 Å². The van der Waals surface area contributed by atoms with Crippen molar-refractivity contribution in [2.75, 3.05) is 7.11 Å². The summed E-state index contributed by atoms with van der Waals surface area (Å²) < 4.78 is 4.66. The number of esters is 1. The highest BCUT2D eigenvalue weighted by molar-refractivity contribution is 5.78. The maximum absolute atomic E-state index is 11.3. The minimum atomic E-state index is -0.550. The molecule has 1 aromatic heterocycles. The average molecular weight is 194 g/mol. The number of hydrogen-bond acceptors (Lipinski definition) is 3. The molecule has 1 heterocycles. The summed E-state index contributed by atoms with van der Waals surface area (Å²) in [5, 5.41) is 0. The van der Waals surface area contributed by atoms with Crippen molar-refractivity contribution in [3.63, 3.8) is 0 Å². The molecule has 3 N–H and O–H groups in total. The number of hydrogen-bond donors (Lipinski definition) is 2. The lowest BCUT2D eigenvalue weighted by Crippen LogP contribution is -2.43. The molecule has 2 rings (SSSR count). The third-order valence-corrected chi connectivity index (χ3v) is 2.97. The molecule has 1 fully saturated rings. The van der Waals surface area contributed by atoms with E-state index in [4.69, 9.17) is 5.73 Å². The van der Waals surface area contributed by atoms with Crippen LogP contribution in [0.1, 0.15) is 18.5 Å². The summed E-state index contributed by atoms with van der Waals surface area (Å²) in [6.45, 7) is 0. The van der Waals surface area contributed by atoms with E-state index in [2.05, 4.69) is 9.72 Å². The Morgan fingerprint density at radius 2 is 2.43 bits per heavy atom. The van der Waals surface area contributed by atoms with E-state index in [1.165, 1.54) is 7.11 Å². The zero-order valence-corrected chi connectivity index (χ0v) is 8.12. The van der Waals surface area contributed by atoms with Gasteiger partial charge in [0.05, 0.1) is 7.11 Å². The van der Waals surface area contributed by atoms with Gasteiger partial charge in [0.15, 0.2) is 0 Å². The van der Waals surface area contributed by atoms with E-state index in [1.54, 1.807) is 0 Å². The molecule has 0 radical (unpaired) electrons. The van der Waals surface area contributed by atoms with Crippen molar-refractivity contribution in [1.29, 1.82) is 0 Å². The van der Waals surface area contributed by atoms with Crippen LogP contribution in [0.15, 0.2) is 18.3 Å². The maximum atomic E-state index is 11.3. The van der Waals surface area contributed by atoms with Gasteiger partial charge in [-0.25, -0.2) is 0 Å². The van der Waals surface area contributed by atoms with Crippen LogP contribution in [0.4, 0.5) is 0 Å². The van der Waals surface area contributed by atoms with Crippen LogP contribution in [0.25, 0.3) is 0 Å². The Morgan fingerprint density at radius 1 is 1.71 bits per heavy atom. The molecule has 76 valence electrons. The van der Waals surface area contributed by atoms with Gasteiger partial charge in [-0.2, -0.15) is 0 Å². The van der Waals surface area contributed by atoms with Gasteiger partial charge < -0.3 is 15.5 Å². The first-order valence-corrected chi connectivity index (χ1v) is 4.68. The maximum Gasteiger partial charge on any atom is 0.323 e. The highest BCUT2D eigenvalue weighted by Gasteiger charge is 2.53. The van der Waals surface area contributed by atoms with Crippen molar-refractivity contribution in [3.05, 3.63) is 24.0 Å². The molecule has 1 aromatic rings. The van der Waals surface area contributed by atoms with E-state index < -0.39 is 6.04 Å². The molecule has 1 aliphatic rings. The van der Waals surface area contributed by atoms with Crippen molar-refractivity contribution >= 4 is 5.97 Å². The van der Waals surface area contributed by atoms with Gasteiger partial charge >= 0.3 is 5.97 Å². The molecule has 0 aromatic carbocycles. The van der Waals surface area contributed by atoms with Gasteiger partial charge in [-0.15, -0.1) is 0 Å². The molecule has 4 nitrogen and oxygen atoms in total. The van der Waals surface area contributed by atoms with Crippen LogP contribution in [0.2, 0.25) is 0 Å². The van der Waals surface area contributed by atoms with E-state index in [9.17, 15) is 4.79 Å². The first-order valence-electron chi connectivity index (χ1n) is 4.68. The monoisotopic (exact) mass is 194 g/mol. The van der Waals surface area contributed by atoms with Gasteiger partial charge in [-0.1, -0.05) is 0 Å². The Kier molecular flexibility index (Phi) is 2.07. The van der Waals surface area contributed by atoms with Gasteiger partial charge in [-0.3, -0.25) is 4.79 Å². The third-order valence-electron chi connectivity index (χ3n) is 2.97. The zero-order valence-electron chi connectivity index (χ0n) is 8.12. The number of methoxy groups -OCH3 is 1. The first kappa shape index (κ1) is 9.27. The van der Waals surface area contributed by atoms with Crippen LogP contribution in [0.3, 0.4) is 0 Å². The number of rotatable bonds is 3. The van der Waals surface area contributed by atoms with E-state index in [-0.39, 0.29) is 11.4 Å². The van der Waals surface area contributed by atoms with Crippen LogP contribution in [-0.4, -0.2) is 24.1 Å². The average Bonchev–Trinajstić information content (AvgIpc) is 2.84. The van der Waals surface area contributed by atoms with Crippen LogP contribution in [0.5, 0.6) is 0 Å². The Bertz CT molecular complexity index is 328. The Morgan fingerprint density at radius 3 is 2.86 bits per heavy atom. The molecule has 0 spiro atoms. The fourth-order valence-electron chi connectivity index (χ4n) is 1.88. The van der Waals surface area contributed by atoms with E-state index in [1.807, 2.05) is 18.3 Å². The number of H-pyrrole nitrogens is 1. The summed E-state index contributed by atoms with van der Waals surface area (Å²) in [5.41, 5.74) is 6.70. The van der Waals surface area contributed by atoms with Gasteiger partial charge in [0.1, 0.15) is 6.04 Å². The second-order valence-electron chi connectivity index (χ2n) is 3.74. The zero-order chi connectivity index (χ0) is 10.2. The van der Waals surface area contributed by atoms with E-state index >= 15 is 0 Å². The smallest absolute Gasteiger partial charge is 0.323 e. The van der Waals surface area contributed by atoms with Crippen molar-refractivity contribution in [2.45, 2.75) is 24.3 Å². The second kappa shape index (κ2) is 3.13. The summed E-state index contributed by atoms with van der Waals surface area (Å²) in [6, 6.07) is 3.33. The summed E-state index contributed by atoms with van der Waals surface area (Å²) in [6.07, 6.45) is 3.74. The highest BCUT2D eigenvalue weighted by atomic mass is 16.5. The van der Waals surface area contributed by atoms with E-state index in [0.717, 1.165) is 18.5 Å². The van der Waals surface area contributed by atoms with Crippen LogP contribution in [-0.2, 0) is 14.9 Å². The fourth-order valence-corrected chi connectivity index (χ4v) is 1.88. The number of ether oxygens (including phenoxy) is 1. The lowest BCUT2D eigenvalue weighted by atomic mass is 9.93. The molecule has 0 aliphatic heterocycles. The SMILES string of the molecule is COC(=O)C(N)C1(c2ccc[nH]2)CC1. The normalized spacial score (nSPS) is 20.1. The van der Waals surface area contributed by atoms with Crippen LogP contribution >= 0.6 is 0 Å². The first-order chi connectivity index (χ1) is 6.70. The second-order valence-corrected chi connectivity index (χ2v) is 3.74. The lowest BCUT2D eigenvalue weighted by molar-refractivity contribution is -0.143. The molecule has 1 saturated carbocycles. The Labute approximate surface area is 82.4 Å². The van der Waals surface area contributed by atoms with Gasteiger partial charge in [0, 0.05) is 17.3 Å². The molecule has 1 atom stereocenters. The predicted molar refractivity (Wildman–Crippen MR) is 51.7 cm³/mol. The number of nitrogens with one attached hydrogen (secondary N) is 1. The van der Waals surface area contributed by atoms with E-state index in [0.29, 0.717) is 0 Å². The van der Waals surface area contributed by atoms with Crippen molar-refractivity contribution in [1.82, 2.24) is 4.98 Å². The number of carbonyl (C=O) groups is 1. The molecule has 0 saturated heterocycles. The topological polar surface area (TPSA) is 68.1 Å². The van der Waals surface area contributed by atoms with Crippen molar-refractivity contribution in [2.24, 2.45) is 5.73 Å². The Balaban J connectivity index is 2.21. The summed E-state index contributed by atoms with van der Waals surface area (Å²) in [4.78, 5) is 14.4. The molecule has 4 heteroatoms. The quantitative estimate of drug-likeness (QED) is 0.690. The third kappa shape index (κ3) is 1.23. The molecule has 1 unspecified atom stereocenters. The van der Waals surface area contributed by atoms with Gasteiger partial charge in [-0.05, 0) is 25.0 Å².